The molecule has 4 rings (SSSR count). The van der Waals surface area contributed by atoms with E-state index in [9.17, 15) is 0 Å². The highest BCUT2D eigenvalue weighted by Gasteiger charge is 2.48. The molecule has 8 nitrogen and oxygen atoms in total. The second-order valence-electron chi connectivity index (χ2n) is 6.15. The molecule has 0 spiro atoms. The first-order valence-corrected chi connectivity index (χ1v) is 8.28. The van der Waals surface area contributed by atoms with E-state index < -0.39 is 5.60 Å². The molecule has 0 saturated carbocycles. The molecule has 0 unspecified atom stereocenters. The Labute approximate surface area is 145 Å². The van der Waals surface area contributed by atoms with Crippen molar-refractivity contribution in [1.82, 2.24) is 25.0 Å². The Morgan fingerprint density at radius 3 is 3.08 bits per heavy atom. The minimum Gasteiger partial charge on any atom is -0.377 e. The van der Waals surface area contributed by atoms with Crippen molar-refractivity contribution in [3.05, 3.63) is 42.3 Å². The average molecular weight is 343 g/mol. The molecule has 132 valence electrons. The number of hydrogen-bond acceptors (Lipinski definition) is 7. The number of piperidine rings is 1. The Hall–Kier alpha value is -2.29. The number of rotatable bonds is 5. The van der Waals surface area contributed by atoms with Crippen LogP contribution >= 0.6 is 0 Å². The first-order chi connectivity index (χ1) is 12.3. The van der Waals surface area contributed by atoms with Gasteiger partial charge in [-0.05, 0) is 18.7 Å². The first-order valence-electron chi connectivity index (χ1n) is 8.28. The SMILES string of the molecule is CO[C@@H]1CNCC[C@@]1(OC)c1nc(Cn2cnc3ccccc32)no1. The molecule has 0 bridgehead atoms. The molecule has 1 saturated heterocycles. The van der Waals surface area contributed by atoms with Crippen LogP contribution in [0.25, 0.3) is 11.0 Å². The number of hydrogen-bond donors (Lipinski definition) is 1. The summed E-state index contributed by atoms with van der Waals surface area (Å²) in [6, 6.07) is 7.95. The molecular formula is C17H21N5O3. The third-order valence-corrected chi connectivity index (χ3v) is 4.84. The van der Waals surface area contributed by atoms with Crippen molar-refractivity contribution in [3.63, 3.8) is 0 Å². The highest BCUT2D eigenvalue weighted by Crippen LogP contribution is 2.35. The number of nitrogens with one attached hydrogen (secondary N) is 1. The summed E-state index contributed by atoms with van der Waals surface area (Å²) >= 11 is 0. The fourth-order valence-electron chi connectivity index (χ4n) is 3.45. The summed E-state index contributed by atoms with van der Waals surface area (Å²) in [5.41, 5.74) is 1.26. The van der Waals surface area contributed by atoms with Gasteiger partial charge in [0.25, 0.3) is 5.89 Å². The predicted molar refractivity (Wildman–Crippen MR) is 90.1 cm³/mol. The number of para-hydroxylation sites is 2. The molecule has 0 aliphatic carbocycles. The van der Waals surface area contributed by atoms with Crippen molar-refractivity contribution in [1.29, 1.82) is 0 Å². The van der Waals surface area contributed by atoms with Crippen molar-refractivity contribution in [2.24, 2.45) is 0 Å². The number of aromatic nitrogens is 4. The maximum Gasteiger partial charge on any atom is 0.261 e. The van der Waals surface area contributed by atoms with Gasteiger partial charge >= 0.3 is 0 Å². The standard InChI is InChI=1S/C17H21N5O3/c1-23-14-9-18-8-7-17(14,24-2)16-20-15(21-25-16)10-22-11-19-12-5-3-4-6-13(12)22/h3-6,11,14,18H,7-10H2,1-2H3/t14-,17+/m1/s1. The third-order valence-electron chi connectivity index (χ3n) is 4.84. The van der Waals surface area contributed by atoms with Crippen LogP contribution in [0.15, 0.2) is 35.1 Å². The zero-order valence-corrected chi connectivity index (χ0v) is 14.3. The summed E-state index contributed by atoms with van der Waals surface area (Å²) in [5.74, 6) is 1.05. The number of fused-ring (bicyclic) bond motifs is 1. The number of methoxy groups -OCH3 is 2. The van der Waals surface area contributed by atoms with Crippen molar-refractivity contribution in [3.8, 4) is 0 Å². The van der Waals surface area contributed by atoms with E-state index in [-0.39, 0.29) is 6.10 Å². The molecular weight excluding hydrogens is 322 g/mol. The van der Waals surface area contributed by atoms with E-state index in [4.69, 9.17) is 14.0 Å². The van der Waals surface area contributed by atoms with Gasteiger partial charge in [0.15, 0.2) is 11.4 Å². The Morgan fingerprint density at radius 2 is 2.24 bits per heavy atom. The van der Waals surface area contributed by atoms with E-state index in [0.29, 0.717) is 31.2 Å². The lowest BCUT2D eigenvalue weighted by molar-refractivity contribution is -0.152. The normalized spacial score (nSPS) is 24.0. The van der Waals surface area contributed by atoms with Gasteiger partial charge in [-0.1, -0.05) is 17.3 Å². The highest BCUT2D eigenvalue weighted by molar-refractivity contribution is 5.74. The van der Waals surface area contributed by atoms with Gasteiger partial charge in [-0.3, -0.25) is 0 Å². The zero-order valence-electron chi connectivity index (χ0n) is 14.3. The van der Waals surface area contributed by atoms with Crippen molar-refractivity contribution >= 4 is 11.0 Å². The van der Waals surface area contributed by atoms with Crippen LogP contribution in [-0.2, 0) is 21.6 Å². The van der Waals surface area contributed by atoms with Crippen LogP contribution in [0.4, 0.5) is 0 Å². The molecule has 1 aliphatic rings. The smallest absolute Gasteiger partial charge is 0.261 e. The van der Waals surface area contributed by atoms with E-state index in [1.165, 1.54) is 0 Å². The largest absolute Gasteiger partial charge is 0.377 e. The van der Waals surface area contributed by atoms with Gasteiger partial charge in [0, 0.05) is 27.2 Å². The van der Waals surface area contributed by atoms with Crippen LogP contribution in [0.1, 0.15) is 18.1 Å². The van der Waals surface area contributed by atoms with Crippen molar-refractivity contribution in [2.45, 2.75) is 24.7 Å². The van der Waals surface area contributed by atoms with Gasteiger partial charge < -0.3 is 23.9 Å². The Balaban J connectivity index is 1.63. The van der Waals surface area contributed by atoms with Crippen LogP contribution in [-0.4, -0.2) is 53.1 Å². The van der Waals surface area contributed by atoms with Gasteiger partial charge in [-0.2, -0.15) is 4.98 Å². The number of imidazole rings is 1. The lowest BCUT2D eigenvalue weighted by Gasteiger charge is -2.39. The fraction of sp³-hybridized carbons (Fsp3) is 0.471. The van der Waals surface area contributed by atoms with Crippen LogP contribution in [0, 0.1) is 0 Å². The molecule has 1 N–H and O–H groups in total. The van der Waals surface area contributed by atoms with Gasteiger partial charge in [-0.15, -0.1) is 0 Å². The van der Waals surface area contributed by atoms with E-state index >= 15 is 0 Å². The van der Waals surface area contributed by atoms with Gasteiger partial charge in [0.1, 0.15) is 6.10 Å². The molecule has 1 fully saturated rings. The van der Waals surface area contributed by atoms with E-state index in [2.05, 4.69) is 20.4 Å². The summed E-state index contributed by atoms with van der Waals surface area (Å²) in [6.07, 6.45) is 2.31. The highest BCUT2D eigenvalue weighted by atomic mass is 16.6. The third kappa shape index (κ3) is 2.72. The second-order valence-corrected chi connectivity index (χ2v) is 6.15. The van der Waals surface area contributed by atoms with Gasteiger partial charge in [0.2, 0.25) is 0 Å². The Kier molecular flexibility index (Phi) is 4.24. The van der Waals surface area contributed by atoms with E-state index in [1.54, 1.807) is 20.5 Å². The lowest BCUT2D eigenvalue weighted by atomic mass is 9.89. The summed E-state index contributed by atoms with van der Waals surface area (Å²) in [6.45, 7) is 1.96. The maximum atomic E-state index is 5.81. The molecule has 3 aromatic rings. The van der Waals surface area contributed by atoms with Crippen LogP contribution < -0.4 is 5.32 Å². The van der Waals surface area contributed by atoms with Gasteiger partial charge in [-0.25, -0.2) is 4.98 Å². The summed E-state index contributed by atoms with van der Waals surface area (Å²) in [4.78, 5) is 8.99. The Bertz CT molecular complexity index is 861. The summed E-state index contributed by atoms with van der Waals surface area (Å²) < 4.78 is 19.0. The fourth-order valence-corrected chi connectivity index (χ4v) is 3.45. The molecule has 1 aromatic carbocycles. The number of benzene rings is 1. The molecule has 2 atom stereocenters. The van der Waals surface area contributed by atoms with Crippen molar-refractivity contribution in [2.75, 3.05) is 27.3 Å². The molecule has 2 aromatic heterocycles. The van der Waals surface area contributed by atoms with Crippen LogP contribution in [0.5, 0.6) is 0 Å². The number of ether oxygens (including phenoxy) is 2. The summed E-state index contributed by atoms with van der Waals surface area (Å²) in [7, 11) is 3.32. The Morgan fingerprint density at radius 1 is 1.36 bits per heavy atom. The first kappa shape index (κ1) is 16.2. The second kappa shape index (κ2) is 6.55. The zero-order chi connectivity index (χ0) is 17.3. The molecule has 0 radical (unpaired) electrons. The quantitative estimate of drug-likeness (QED) is 0.747. The van der Waals surface area contributed by atoms with E-state index in [1.807, 2.05) is 28.8 Å². The lowest BCUT2D eigenvalue weighted by Crippen LogP contribution is -2.54. The maximum absolute atomic E-state index is 5.81. The van der Waals surface area contributed by atoms with Crippen molar-refractivity contribution < 1.29 is 14.0 Å². The van der Waals surface area contributed by atoms with Crippen LogP contribution in [0.3, 0.4) is 0 Å². The molecule has 8 heteroatoms. The molecule has 0 amide bonds. The topological polar surface area (TPSA) is 87.2 Å². The van der Waals surface area contributed by atoms with Gasteiger partial charge in [0.05, 0.1) is 23.9 Å². The molecule has 1 aliphatic heterocycles. The predicted octanol–water partition coefficient (Wildman–Crippen LogP) is 1.32. The summed E-state index contributed by atoms with van der Waals surface area (Å²) in [5, 5.41) is 7.44. The van der Waals surface area contributed by atoms with E-state index in [0.717, 1.165) is 17.6 Å². The average Bonchev–Trinajstić information content (AvgIpc) is 3.30. The monoisotopic (exact) mass is 343 g/mol. The molecule has 25 heavy (non-hydrogen) atoms. The minimum absolute atomic E-state index is 0.186. The molecule has 3 heterocycles. The minimum atomic E-state index is -0.720. The van der Waals surface area contributed by atoms with Crippen LogP contribution in [0.2, 0.25) is 0 Å². The number of nitrogens with zero attached hydrogens (tertiary/aromatic N) is 4.